The Balaban J connectivity index is 1.01. The third kappa shape index (κ3) is 6.72. The number of para-hydroxylation sites is 2. The minimum Gasteiger partial charge on any atom is -0.456 e. The van der Waals surface area contributed by atoms with Crippen molar-refractivity contribution >= 4 is 39.0 Å². The van der Waals surface area contributed by atoms with Crippen LogP contribution < -0.4 is 4.90 Å². The molecule has 1 aliphatic rings. The Morgan fingerprint density at radius 3 is 1.46 bits per heavy atom. The summed E-state index contributed by atoms with van der Waals surface area (Å²) in [5, 5.41) is 2.23. The van der Waals surface area contributed by atoms with Gasteiger partial charge in [-0.3, -0.25) is 0 Å². The van der Waals surface area contributed by atoms with E-state index in [0.29, 0.717) is 0 Å². The number of fused-ring (bicyclic) bond motifs is 6. The molecule has 12 aromatic rings. The van der Waals surface area contributed by atoms with Crippen molar-refractivity contribution in [3.05, 3.63) is 295 Å². The molecule has 0 atom stereocenters. The molecule has 0 spiro atoms. The number of furan rings is 1. The van der Waals surface area contributed by atoms with Crippen molar-refractivity contribution in [1.82, 2.24) is 0 Å². The van der Waals surface area contributed by atoms with Gasteiger partial charge in [0.2, 0.25) is 0 Å². The van der Waals surface area contributed by atoms with Crippen LogP contribution in [0.25, 0.3) is 77.6 Å². The van der Waals surface area contributed by atoms with Crippen LogP contribution in [0.3, 0.4) is 0 Å². The zero-order chi connectivity index (χ0) is 45.7. The molecule has 11 aromatic carbocycles. The molecule has 2 heteroatoms. The summed E-state index contributed by atoms with van der Waals surface area (Å²) in [6.07, 6.45) is 0. The van der Waals surface area contributed by atoms with E-state index < -0.39 is 5.41 Å². The molecular weight excluding hydrogens is 835 g/mol. The molecule has 0 N–H and O–H groups in total. The quantitative estimate of drug-likeness (QED) is 0.144. The van der Waals surface area contributed by atoms with Crippen LogP contribution in [0.15, 0.2) is 277 Å². The van der Waals surface area contributed by atoms with Crippen LogP contribution in [0.2, 0.25) is 0 Å². The highest BCUT2D eigenvalue weighted by molar-refractivity contribution is 6.06. The maximum absolute atomic E-state index is 6.26. The van der Waals surface area contributed by atoms with Gasteiger partial charge in [-0.15, -0.1) is 0 Å². The Bertz CT molecular complexity index is 3790. The maximum atomic E-state index is 6.26. The first-order valence-corrected chi connectivity index (χ1v) is 23.7. The van der Waals surface area contributed by atoms with E-state index in [2.05, 4.69) is 266 Å². The van der Waals surface area contributed by atoms with Gasteiger partial charge in [0.15, 0.2) is 0 Å². The Hall–Kier alpha value is -8.98. The molecule has 0 aliphatic heterocycles. The summed E-state index contributed by atoms with van der Waals surface area (Å²) >= 11 is 0. The van der Waals surface area contributed by atoms with Gasteiger partial charge in [-0.25, -0.2) is 0 Å². The van der Waals surface area contributed by atoms with Crippen LogP contribution in [-0.4, -0.2) is 0 Å². The molecule has 0 saturated carbocycles. The summed E-state index contributed by atoms with van der Waals surface area (Å²) in [6, 6.07) is 99.4. The molecule has 1 heterocycles. The second-order valence-electron chi connectivity index (χ2n) is 18.0. The van der Waals surface area contributed by atoms with Gasteiger partial charge in [-0.05, 0) is 121 Å². The molecule has 0 saturated heterocycles. The van der Waals surface area contributed by atoms with Crippen molar-refractivity contribution in [3.8, 4) is 55.6 Å². The third-order valence-corrected chi connectivity index (χ3v) is 14.2. The SMILES string of the molecule is c1ccc(-c2ccc(-c3cccc(N(c4cccc(-c5ccc6oc7ccccc7c6c5)c4)c4ccccc4-c4cccc5c4-c4ccccc4C5(c4ccccc4)c4ccccc4)c3)cc2)cc1. The predicted octanol–water partition coefficient (Wildman–Crippen LogP) is 18.1. The van der Waals surface area contributed by atoms with Crippen LogP contribution in [0.1, 0.15) is 22.3 Å². The lowest BCUT2D eigenvalue weighted by Crippen LogP contribution is -2.28. The lowest BCUT2D eigenvalue weighted by Gasteiger charge is -2.34. The summed E-state index contributed by atoms with van der Waals surface area (Å²) in [6.45, 7) is 0. The number of benzene rings is 11. The summed E-state index contributed by atoms with van der Waals surface area (Å²) < 4.78 is 6.26. The smallest absolute Gasteiger partial charge is 0.135 e. The number of nitrogens with zero attached hydrogens (tertiary/aromatic N) is 1. The van der Waals surface area contributed by atoms with E-state index in [-0.39, 0.29) is 0 Å². The van der Waals surface area contributed by atoms with Gasteiger partial charge in [0.05, 0.1) is 11.1 Å². The Morgan fingerprint density at radius 1 is 0.290 bits per heavy atom. The van der Waals surface area contributed by atoms with E-state index in [1.807, 2.05) is 12.1 Å². The van der Waals surface area contributed by atoms with Gasteiger partial charge < -0.3 is 9.32 Å². The molecule has 324 valence electrons. The topological polar surface area (TPSA) is 16.4 Å². The first kappa shape index (κ1) is 40.3. The van der Waals surface area contributed by atoms with E-state index in [9.17, 15) is 0 Å². The van der Waals surface area contributed by atoms with Crippen molar-refractivity contribution in [3.63, 3.8) is 0 Å². The van der Waals surface area contributed by atoms with E-state index in [1.54, 1.807) is 0 Å². The Morgan fingerprint density at radius 2 is 0.754 bits per heavy atom. The second kappa shape index (κ2) is 16.7. The number of hydrogen-bond donors (Lipinski definition) is 0. The summed E-state index contributed by atoms with van der Waals surface area (Å²) in [7, 11) is 0. The maximum Gasteiger partial charge on any atom is 0.135 e. The lowest BCUT2D eigenvalue weighted by atomic mass is 9.67. The average Bonchev–Trinajstić information content (AvgIpc) is 3.96. The molecule has 1 aliphatic carbocycles. The average molecular weight is 880 g/mol. The standard InChI is InChI=1S/C67H45NO/c1-4-19-46(20-5-1)47-37-39-48(40-38-47)49-21-16-27-54(43-49)68(55-28-17-22-50(44-55)51-41-42-65-60(45-51)57-30-12-15-36-64(57)69-65)63-35-14-11-29-56(63)58-32-18-34-62-66(58)59-31-10-13-33-61(59)67(62,52-23-6-2-7-24-52)53-25-8-3-9-26-53/h1-45H. The molecule has 0 unspecified atom stereocenters. The van der Waals surface area contributed by atoms with Crippen molar-refractivity contribution in [2.45, 2.75) is 5.41 Å². The van der Waals surface area contributed by atoms with Gasteiger partial charge in [0, 0.05) is 27.7 Å². The fourth-order valence-corrected chi connectivity index (χ4v) is 11.1. The predicted molar refractivity (Wildman–Crippen MR) is 287 cm³/mol. The Labute approximate surface area is 402 Å². The molecule has 0 radical (unpaired) electrons. The molecule has 1 aromatic heterocycles. The van der Waals surface area contributed by atoms with Crippen molar-refractivity contribution in [1.29, 1.82) is 0 Å². The fraction of sp³-hybridized carbons (Fsp3) is 0.0149. The molecule has 69 heavy (non-hydrogen) atoms. The van der Waals surface area contributed by atoms with Gasteiger partial charge >= 0.3 is 0 Å². The van der Waals surface area contributed by atoms with Crippen molar-refractivity contribution in [2.24, 2.45) is 0 Å². The van der Waals surface area contributed by atoms with E-state index in [1.165, 1.54) is 50.1 Å². The number of rotatable bonds is 9. The van der Waals surface area contributed by atoms with Gasteiger partial charge in [0.25, 0.3) is 0 Å². The Kier molecular flexibility index (Phi) is 9.77. The summed E-state index contributed by atoms with van der Waals surface area (Å²) in [5.41, 5.74) is 21.4. The minimum atomic E-state index is -0.515. The van der Waals surface area contributed by atoms with Crippen LogP contribution >= 0.6 is 0 Å². The van der Waals surface area contributed by atoms with Crippen LogP contribution in [0.4, 0.5) is 17.1 Å². The zero-order valence-corrected chi connectivity index (χ0v) is 37.8. The van der Waals surface area contributed by atoms with Gasteiger partial charge in [-0.1, -0.05) is 224 Å². The normalized spacial score (nSPS) is 12.5. The second-order valence-corrected chi connectivity index (χ2v) is 18.0. The van der Waals surface area contributed by atoms with Crippen LogP contribution in [-0.2, 0) is 5.41 Å². The molecule has 2 nitrogen and oxygen atoms in total. The van der Waals surface area contributed by atoms with Crippen LogP contribution in [0, 0.1) is 0 Å². The summed E-state index contributed by atoms with van der Waals surface area (Å²) in [5.74, 6) is 0. The highest BCUT2D eigenvalue weighted by atomic mass is 16.3. The van der Waals surface area contributed by atoms with E-state index in [4.69, 9.17) is 4.42 Å². The molecule has 0 amide bonds. The number of anilines is 3. The van der Waals surface area contributed by atoms with Crippen molar-refractivity contribution in [2.75, 3.05) is 4.90 Å². The molecule has 0 fully saturated rings. The zero-order valence-electron chi connectivity index (χ0n) is 37.8. The monoisotopic (exact) mass is 879 g/mol. The highest BCUT2D eigenvalue weighted by Gasteiger charge is 2.47. The molecule has 13 rings (SSSR count). The highest BCUT2D eigenvalue weighted by Crippen LogP contribution is 2.59. The van der Waals surface area contributed by atoms with Gasteiger partial charge in [0.1, 0.15) is 11.2 Å². The number of hydrogen-bond acceptors (Lipinski definition) is 2. The summed E-state index contributed by atoms with van der Waals surface area (Å²) in [4.78, 5) is 2.45. The van der Waals surface area contributed by atoms with E-state index >= 15 is 0 Å². The third-order valence-electron chi connectivity index (χ3n) is 14.2. The van der Waals surface area contributed by atoms with Crippen LogP contribution in [0.5, 0.6) is 0 Å². The fourth-order valence-electron chi connectivity index (χ4n) is 11.1. The first-order chi connectivity index (χ1) is 34.2. The minimum absolute atomic E-state index is 0.515. The lowest BCUT2D eigenvalue weighted by molar-refractivity contribution is 0.669. The molecule has 0 bridgehead atoms. The van der Waals surface area contributed by atoms with Crippen molar-refractivity contribution < 1.29 is 4.42 Å². The van der Waals surface area contributed by atoms with Gasteiger partial charge in [-0.2, -0.15) is 0 Å². The first-order valence-electron chi connectivity index (χ1n) is 23.7. The molecular formula is C67H45NO. The van der Waals surface area contributed by atoms with E-state index in [0.717, 1.165) is 66.8 Å². The largest absolute Gasteiger partial charge is 0.456 e.